The summed E-state index contributed by atoms with van der Waals surface area (Å²) in [4.78, 5) is 12.0. The zero-order valence-corrected chi connectivity index (χ0v) is 11.2. The van der Waals surface area contributed by atoms with Gasteiger partial charge in [-0.05, 0) is 30.9 Å². The predicted octanol–water partition coefficient (Wildman–Crippen LogP) is 1.52. The zero-order valence-electron chi connectivity index (χ0n) is 9.60. The van der Waals surface area contributed by atoms with Gasteiger partial charge in [0.15, 0.2) is 9.84 Å². The van der Waals surface area contributed by atoms with E-state index in [-0.39, 0.29) is 11.7 Å². The van der Waals surface area contributed by atoms with Crippen LogP contribution >= 0.6 is 11.3 Å². The molecule has 0 saturated heterocycles. The Bertz CT molecular complexity index is 503. The second-order valence-electron chi connectivity index (χ2n) is 3.51. The molecule has 0 aliphatic rings. The van der Waals surface area contributed by atoms with Crippen LogP contribution in [0.25, 0.3) is 0 Å². The molecule has 0 spiro atoms. The van der Waals surface area contributed by atoms with E-state index in [2.05, 4.69) is 11.9 Å². The van der Waals surface area contributed by atoms with Gasteiger partial charge in [0, 0.05) is 11.4 Å². The molecule has 1 N–H and O–H groups in total. The van der Waals surface area contributed by atoms with Crippen LogP contribution in [-0.2, 0) is 14.6 Å². The lowest BCUT2D eigenvalue weighted by Gasteiger charge is -2.04. The lowest BCUT2D eigenvalue weighted by molar-refractivity contribution is -0.116. The van der Waals surface area contributed by atoms with Gasteiger partial charge in [-0.25, -0.2) is 8.42 Å². The molecule has 0 aliphatic carbocycles. The monoisotopic (exact) mass is 273 g/mol. The van der Waals surface area contributed by atoms with Crippen molar-refractivity contribution < 1.29 is 13.2 Å². The van der Waals surface area contributed by atoms with Gasteiger partial charge < -0.3 is 5.32 Å². The maximum absolute atomic E-state index is 11.9. The standard InChI is InChI=1S/C11H15NO3S2/c1-3-11(13)12-6-4-8-17(14,15)10-5-7-16-9(10)2/h3,5,7H,1,4,6,8H2,2H3,(H,12,13). The van der Waals surface area contributed by atoms with E-state index < -0.39 is 9.84 Å². The van der Waals surface area contributed by atoms with Crippen molar-refractivity contribution in [3.63, 3.8) is 0 Å². The molecule has 1 amide bonds. The Morgan fingerprint density at radius 2 is 2.29 bits per heavy atom. The number of hydrogen-bond donors (Lipinski definition) is 1. The maximum Gasteiger partial charge on any atom is 0.243 e. The highest BCUT2D eigenvalue weighted by atomic mass is 32.2. The fourth-order valence-electron chi connectivity index (χ4n) is 1.35. The molecule has 0 unspecified atom stereocenters. The summed E-state index contributed by atoms with van der Waals surface area (Å²) >= 11 is 1.42. The van der Waals surface area contributed by atoms with Crippen LogP contribution < -0.4 is 5.32 Å². The van der Waals surface area contributed by atoms with E-state index in [1.807, 2.05) is 0 Å². The van der Waals surface area contributed by atoms with Crippen LogP contribution in [0.15, 0.2) is 29.0 Å². The van der Waals surface area contributed by atoms with Crippen molar-refractivity contribution in [3.8, 4) is 0 Å². The minimum Gasteiger partial charge on any atom is -0.353 e. The number of nitrogens with one attached hydrogen (secondary N) is 1. The van der Waals surface area contributed by atoms with Crippen molar-refractivity contribution in [3.05, 3.63) is 29.0 Å². The van der Waals surface area contributed by atoms with Gasteiger partial charge in [-0.15, -0.1) is 11.3 Å². The first-order chi connectivity index (χ1) is 7.97. The number of rotatable bonds is 6. The summed E-state index contributed by atoms with van der Waals surface area (Å²) in [7, 11) is -3.22. The van der Waals surface area contributed by atoms with E-state index in [1.54, 1.807) is 18.4 Å². The molecular weight excluding hydrogens is 258 g/mol. The Hall–Kier alpha value is -1.14. The van der Waals surface area contributed by atoms with Crippen molar-refractivity contribution in [1.29, 1.82) is 0 Å². The molecular formula is C11H15NO3S2. The number of aryl methyl sites for hydroxylation is 1. The topological polar surface area (TPSA) is 63.2 Å². The molecule has 0 aromatic carbocycles. The third kappa shape index (κ3) is 3.98. The molecule has 1 heterocycles. The summed E-state index contributed by atoms with van der Waals surface area (Å²) in [5, 5.41) is 4.31. The van der Waals surface area contributed by atoms with E-state index in [1.165, 1.54) is 11.3 Å². The fourth-order valence-corrected chi connectivity index (χ4v) is 4.01. The largest absolute Gasteiger partial charge is 0.353 e. The summed E-state index contributed by atoms with van der Waals surface area (Å²) in [6, 6.07) is 1.62. The van der Waals surface area contributed by atoms with Crippen LogP contribution in [0.1, 0.15) is 11.3 Å². The molecule has 6 heteroatoms. The lowest BCUT2D eigenvalue weighted by Crippen LogP contribution is -2.23. The molecule has 4 nitrogen and oxygen atoms in total. The highest BCUT2D eigenvalue weighted by Gasteiger charge is 2.17. The maximum atomic E-state index is 11.9. The third-order valence-corrected chi connectivity index (χ3v) is 5.13. The van der Waals surface area contributed by atoms with Crippen LogP contribution in [0.5, 0.6) is 0 Å². The van der Waals surface area contributed by atoms with Crippen LogP contribution in [0, 0.1) is 6.92 Å². The molecule has 1 aromatic heterocycles. The first-order valence-corrected chi connectivity index (χ1v) is 7.67. The molecule has 0 radical (unpaired) electrons. The smallest absolute Gasteiger partial charge is 0.243 e. The van der Waals surface area contributed by atoms with E-state index in [9.17, 15) is 13.2 Å². The summed E-state index contributed by atoms with van der Waals surface area (Å²) in [5.41, 5.74) is 0. The summed E-state index contributed by atoms with van der Waals surface area (Å²) in [6.45, 7) is 5.44. The van der Waals surface area contributed by atoms with Crippen molar-refractivity contribution in [2.24, 2.45) is 0 Å². The minimum atomic E-state index is -3.22. The Morgan fingerprint density at radius 1 is 1.59 bits per heavy atom. The molecule has 17 heavy (non-hydrogen) atoms. The van der Waals surface area contributed by atoms with E-state index in [0.29, 0.717) is 17.9 Å². The summed E-state index contributed by atoms with van der Waals surface area (Å²) in [6.07, 6.45) is 1.56. The van der Waals surface area contributed by atoms with Gasteiger partial charge >= 0.3 is 0 Å². The highest BCUT2D eigenvalue weighted by molar-refractivity contribution is 7.91. The predicted molar refractivity (Wildman–Crippen MR) is 68.9 cm³/mol. The highest BCUT2D eigenvalue weighted by Crippen LogP contribution is 2.21. The third-order valence-electron chi connectivity index (χ3n) is 2.22. The normalized spacial score (nSPS) is 11.1. The number of thiophene rings is 1. The van der Waals surface area contributed by atoms with Crippen LogP contribution in [0.4, 0.5) is 0 Å². The molecule has 1 aromatic rings. The van der Waals surface area contributed by atoms with Gasteiger partial charge in [0.2, 0.25) is 5.91 Å². The Morgan fingerprint density at radius 3 is 2.82 bits per heavy atom. The number of hydrogen-bond acceptors (Lipinski definition) is 4. The van der Waals surface area contributed by atoms with E-state index in [4.69, 9.17) is 0 Å². The molecule has 0 atom stereocenters. The van der Waals surface area contributed by atoms with Crippen molar-refractivity contribution in [2.45, 2.75) is 18.2 Å². The molecule has 0 saturated carbocycles. The number of carbonyl (C=O) groups is 1. The molecule has 0 bridgehead atoms. The average Bonchev–Trinajstić information content (AvgIpc) is 2.71. The molecule has 0 fully saturated rings. The zero-order chi connectivity index (χ0) is 12.9. The van der Waals surface area contributed by atoms with Crippen LogP contribution in [0.3, 0.4) is 0 Å². The lowest BCUT2D eigenvalue weighted by atomic mass is 10.4. The summed E-state index contributed by atoms with van der Waals surface area (Å²) in [5.74, 6) is -0.240. The fraction of sp³-hybridized carbons (Fsp3) is 0.364. The van der Waals surface area contributed by atoms with Gasteiger partial charge in [0.05, 0.1) is 10.6 Å². The average molecular weight is 273 g/mol. The minimum absolute atomic E-state index is 0.0436. The Kier molecular flexibility index (Phi) is 4.89. The van der Waals surface area contributed by atoms with Crippen LogP contribution in [0.2, 0.25) is 0 Å². The first-order valence-electron chi connectivity index (χ1n) is 5.14. The van der Waals surface area contributed by atoms with Gasteiger partial charge in [0.1, 0.15) is 0 Å². The van der Waals surface area contributed by atoms with Gasteiger partial charge in [-0.1, -0.05) is 6.58 Å². The van der Waals surface area contributed by atoms with Crippen molar-refractivity contribution >= 4 is 27.1 Å². The summed E-state index contributed by atoms with van der Waals surface area (Å²) < 4.78 is 23.8. The number of amides is 1. The Labute approximate surface area is 105 Å². The molecule has 94 valence electrons. The quantitative estimate of drug-likeness (QED) is 0.631. The second kappa shape index (κ2) is 5.97. The van der Waals surface area contributed by atoms with Gasteiger partial charge in [0.25, 0.3) is 0 Å². The second-order valence-corrected chi connectivity index (χ2v) is 6.71. The first kappa shape index (κ1) is 13.9. The van der Waals surface area contributed by atoms with E-state index in [0.717, 1.165) is 11.0 Å². The number of sulfone groups is 1. The van der Waals surface area contributed by atoms with E-state index >= 15 is 0 Å². The van der Waals surface area contributed by atoms with Gasteiger partial charge in [-0.2, -0.15) is 0 Å². The SMILES string of the molecule is C=CC(=O)NCCCS(=O)(=O)c1ccsc1C. The molecule has 1 rings (SSSR count). The Balaban J connectivity index is 2.49. The van der Waals surface area contributed by atoms with Crippen molar-refractivity contribution in [2.75, 3.05) is 12.3 Å². The molecule has 0 aliphatic heterocycles. The van der Waals surface area contributed by atoms with Crippen LogP contribution in [-0.4, -0.2) is 26.6 Å². The van der Waals surface area contributed by atoms with Crippen molar-refractivity contribution in [1.82, 2.24) is 5.32 Å². The number of carbonyl (C=O) groups excluding carboxylic acids is 1. The van der Waals surface area contributed by atoms with Gasteiger partial charge in [-0.3, -0.25) is 4.79 Å².